The Kier molecular flexibility index (Phi) is 6.30. The average molecular weight is 489 g/mol. The van der Waals surface area contributed by atoms with Gasteiger partial charge in [0.05, 0.1) is 17.6 Å². The van der Waals surface area contributed by atoms with E-state index < -0.39 is 23.5 Å². The van der Waals surface area contributed by atoms with Crippen molar-refractivity contribution in [1.82, 2.24) is 14.9 Å². The van der Waals surface area contributed by atoms with Crippen LogP contribution in [0.5, 0.6) is 5.75 Å². The number of nitrogens with one attached hydrogen (secondary N) is 1. The van der Waals surface area contributed by atoms with Crippen LogP contribution in [0.15, 0.2) is 24.5 Å². The lowest BCUT2D eigenvalue weighted by atomic mass is 10.2. The van der Waals surface area contributed by atoms with Crippen LogP contribution < -0.4 is 10.1 Å². The lowest BCUT2D eigenvalue weighted by Gasteiger charge is -2.24. The fourth-order valence-electron chi connectivity index (χ4n) is 3.69. The van der Waals surface area contributed by atoms with Crippen LogP contribution in [0.1, 0.15) is 42.4 Å². The molecule has 1 aliphatic rings. The fourth-order valence-corrected chi connectivity index (χ4v) is 4.68. The molecular formula is C23H25FN4O5S. The number of benzene rings is 1. The average Bonchev–Trinajstić information content (AvgIpc) is 3.34. The Hall–Kier alpha value is -3.47. The molecule has 0 bridgehead atoms. The van der Waals surface area contributed by atoms with Gasteiger partial charge in [-0.1, -0.05) is 0 Å². The summed E-state index contributed by atoms with van der Waals surface area (Å²) in [6.07, 6.45) is 1.15. The number of carboxylic acids is 1. The minimum atomic E-state index is -1.03. The predicted octanol–water partition coefficient (Wildman–Crippen LogP) is 4.97. The molecule has 1 aromatic carbocycles. The molecule has 0 saturated carbocycles. The number of aromatic nitrogens is 2. The zero-order valence-electron chi connectivity index (χ0n) is 19.2. The predicted molar refractivity (Wildman–Crippen MR) is 126 cm³/mol. The smallest absolute Gasteiger partial charge is 0.410 e. The SMILES string of the molecule is Cc1c(C(=O)O)sc2ncnc(Nc3ccc(F)cc3OC3CCN(C(=O)OC(C)(C)C)C3)c12. The van der Waals surface area contributed by atoms with Gasteiger partial charge in [-0.3, -0.25) is 0 Å². The number of thiophene rings is 1. The van der Waals surface area contributed by atoms with Crippen molar-refractivity contribution in [3.05, 3.63) is 40.8 Å². The zero-order chi connectivity index (χ0) is 24.6. The van der Waals surface area contributed by atoms with E-state index in [2.05, 4.69) is 15.3 Å². The summed E-state index contributed by atoms with van der Waals surface area (Å²) >= 11 is 1.06. The number of fused-ring (bicyclic) bond motifs is 1. The molecule has 3 heterocycles. The summed E-state index contributed by atoms with van der Waals surface area (Å²) in [6, 6.07) is 4.08. The maximum Gasteiger partial charge on any atom is 0.410 e. The first-order chi connectivity index (χ1) is 16.0. The Morgan fingerprint density at radius 1 is 1.29 bits per heavy atom. The van der Waals surface area contributed by atoms with Gasteiger partial charge in [0.25, 0.3) is 0 Å². The normalized spacial score (nSPS) is 16.0. The van der Waals surface area contributed by atoms with Crippen LogP contribution in [0.2, 0.25) is 0 Å². The topological polar surface area (TPSA) is 114 Å². The highest BCUT2D eigenvalue weighted by atomic mass is 32.1. The number of carbonyl (C=O) groups is 2. The van der Waals surface area contributed by atoms with Gasteiger partial charge in [-0.05, 0) is 45.4 Å². The van der Waals surface area contributed by atoms with Crippen LogP contribution >= 0.6 is 11.3 Å². The number of carboxylic acid groups (broad SMARTS) is 1. The first kappa shape index (κ1) is 23.7. The van der Waals surface area contributed by atoms with Gasteiger partial charge in [0.1, 0.15) is 45.1 Å². The van der Waals surface area contributed by atoms with Crippen molar-refractivity contribution in [1.29, 1.82) is 0 Å². The van der Waals surface area contributed by atoms with Gasteiger partial charge >= 0.3 is 12.1 Å². The molecule has 3 aromatic rings. The summed E-state index contributed by atoms with van der Waals surface area (Å²) in [6.45, 7) is 7.89. The molecular weight excluding hydrogens is 463 g/mol. The van der Waals surface area contributed by atoms with Crippen LogP contribution in [-0.2, 0) is 4.74 Å². The van der Waals surface area contributed by atoms with Gasteiger partial charge in [-0.25, -0.2) is 23.9 Å². The van der Waals surface area contributed by atoms with E-state index in [9.17, 15) is 19.1 Å². The number of likely N-dealkylation sites (tertiary alicyclic amines) is 1. The number of nitrogens with zero attached hydrogens (tertiary/aromatic N) is 3. The van der Waals surface area contributed by atoms with Gasteiger partial charge in [0.2, 0.25) is 0 Å². The highest BCUT2D eigenvalue weighted by Gasteiger charge is 2.31. The van der Waals surface area contributed by atoms with Gasteiger partial charge in [-0.2, -0.15) is 0 Å². The molecule has 2 aromatic heterocycles. The third-order valence-corrected chi connectivity index (χ3v) is 6.40. The number of ether oxygens (including phenoxy) is 2. The summed E-state index contributed by atoms with van der Waals surface area (Å²) in [5.74, 6) is -0.859. The number of hydrogen-bond donors (Lipinski definition) is 2. The molecule has 34 heavy (non-hydrogen) atoms. The van der Waals surface area contributed by atoms with Crippen molar-refractivity contribution in [2.45, 2.75) is 45.8 Å². The standard InChI is InChI=1S/C23H25FN4O5S/c1-12-17-19(25-11-26-20(17)34-18(12)21(29)30)27-15-6-5-13(24)9-16(15)32-14-7-8-28(10-14)22(31)33-23(2,3)4/h5-6,9,11,14H,7-8,10H2,1-4H3,(H,29,30)(H,25,26,27). The Labute approximate surface area is 199 Å². The van der Waals surface area contributed by atoms with Gasteiger partial charge < -0.3 is 24.8 Å². The second-order valence-electron chi connectivity index (χ2n) is 8.98. The van der Waals surface area contributed by atoms with Crippen molar-refractivity contribution < 1.29 is 28.6 Å². The largest absolute Gasteiger partial charge is 0.486 e. The number of anilines is 2. The van der Waals surface area contributed by atoms with Crippen molar-refractivity contribution in [2.75, 3.05) is 18.4 Å². The molecule has 1 atom stereocenters. The molecule has 1 amide bonds. The number of hydrogen-bond acceptors (Lipinski definition) is 8. The third-order valence-electron chi connectivity index (χ3n) is 5.21. The number of rotatable bonds is 5. The number of carbonyl (C=O) groups excluding carboxylic acids is 1. The molecule has 0 radical (unpaired) electrons. The first-order valence-electron chi connectivity index (χ1n) is 10.7. The first-order valence-corrected chi connectivity index (χ1v) is 11.5. The van der Waals surface area contributed by atoms with Crippen LogP contribution in [0.3, 0.4) is 0 Å². The van der Waals surface area contributed by atoms with Crippen LogP contribution in [0, 0.1) is 12.7 Å². The van der Waals surface area contributed by atoms with Crippen LogP contribution in [0.4, 0.5) is 20.7 Å². The summed E-state index contributed by atoms with van der Waals surface area (Å²) in [4.78, 5) is 34.6. The number of amides is 1. The van der Waals surface area contributed by atoms with E-state index in [4.69, 9.17) is 9.47 Å². The van der Waals surface area contributed by atoms with E-state index in [1.54, 1.807) is 32.6 Å². The molecule has 1 fully saturated rings. The number of halogens is 1. The molecule has 2 N–H and O–H groups in total. The van der Waals surface area contributed by atoms with Crippen molar-refractivity contribution in [2.24, 2.45) is 0 Å². The summed E-state index contributed by atoms with van der Waals surface area (Å²) < 4.78 is 25.6. The maximum absolute atomic E-state index is 14.1. The zero-order valence-corrected chi connectivity index (χ0v) is 20.0. The van der Waals surface area contributed by atoms with Crippen molar-refractivity contribution in [3.8, 4) is 5.75 Å². The quantitative estimate of drug-likeness (QED) is 0.518. The number of aryl methyl sites for hydroxylation is 1. The van der Waals surface area contributed by atoms with E-state index in [1.165, 1.54) is 24.5 Å². The molecule has 1 saturated heterocycles. The summed E-state index contributed by atoms with van der Waals surface area (Å²) in [7, 11) is 0. The van der Waals surface area contributed by atoms with Crippen molar-refractivity contribution >= 4 is 45.1 Å². The lowest BCUT2D eigenvalue weighted by Crippen LogP contribution is -2.36. The highest BCUT2D eigenvalue weighted by molar-refractivity contribution is 7.20. The maximum atomic E-state index is 14.1. The summed E-state index contributed by atoms with van der Waals surface area (Å²) in [5, 5.41) is 13.2. The Bertz CT molecular complexity index is 1260. The molecule has 0 spiro atoms. The molecule has 1 unspecified atom stereocenters. The molecule has 4 rings (SSSR count). The second kappa shape index (κ2) is 9.05. The Morgan fingerprint density at radius 3 is 2.76 bits per heavy atom. The Balaban J connectivity index is 1.56. The lowest BCUT2D eigenvalue weighted by molar-refractivity contribution is 0.0275. The monoisotopic (exact) mass is 488 g/mol. The van der Waals surface area contributed by atoms with E-state index in [-0.39, 0.29) is 16.7 Å². The van der Waals surface area contributed by atoms with Gasteiger partial charge in [0, 0.05) is 19.0 Å². The molecule has 180 valence electrons. The van der Waals surface area contributed by atoms with Crippen LogP contribution in [0.25, 0.3) is 10.2 Å². The second-order valence-corrected chi connectivity index (χ2v) is 9.98. The minimum Gasteiger partial charge on any atom is -0.486 e. The summed E-state index contributed by atoms with van der Waals surface area (Å²) in [5.41, 5.74) is 0.405. The van der Waals surface area contributed by atoms with Gasteiger partial charge in [0.15, 0.2) is 0 Å². The molecule has 9 nitrogen and oxygen atoms in total. The molecule has 11 heteroatoms. The fraction of sp³-hybridized carbons (Fsp3) is 0.391. The number of aromatic carboxylic acids is 1. The Morgan fingerprint density at radius 2 is 2.06 bits per heavy atom. The van der Waals surface area contributed by atoms with Crippen LogP contribution in [-0.4, -0.2) is 56.8 Å². The van der Waals surface area contributed by atoms with E-state index in [1.807, 2.05) is 0 Å². The van der Waals surface area contributed by atoms with Gasteiger partial charge in [-0.15, -0.1) is 11.3 Å². The third kappa shape index (κ3) is 5.04. The highest BCUT2D eigenvalue weighted by Crippen LogP contribution is 2.37. The van der Waals surface area contributed by atoms with E-state index in [0.717, 1.165) is 11.3 Å². The van der Waals surface area contributed by atoms with E-state index >= 15 is 0 Å². The van der Waals surface area contributed by atoms with E-state index in [0.29, 0.717) is 46.8 Å². The minimum absolute atomic E-state index is 0.183. The molecule has 1 aliphatic heterocycles. The molecule has 0 aliphatic carbocycles. The van der Waals surface area contributed by atoms with Crippen molar-refractivity contribution in [3.63, 3.8) is 0 Å².